The summed E-state index contributed by atoms with van der Waals surface area (Å²) in [7, 11) is 0. The van der Waals surface area contributed by atoms with Gasteiger partial charge in [0.2, 0.25) is 0 Å². The van der Waals surface area contributed by atoms with Crippen LogP contribution in [-0.2, 0) is 0 Å². The van der Waals surface area contributed by atoms with Gasteiger partial charge in [-0.2, -0.15) is 0 Å². The van der Waals surface area contributed by atoms with Crippen molar-refractivity contribution in [3.8, 4) is 101 Å². The molecule has 0 unspecified atom stereocenters. The Labute approximate surface area is 831 Å². The van der Waals surface area contributed by atoms with Gasteiger partial charge in [-0.25, -0.2) is 0 Å². The van der Waals surface area contributed by atoms with Gasteiger partial charge in [-0.3, -0.25) is 0 Å². The minimum atomic E-state index is 1.15. The van der Waals surface area contributed by atoms with Crippen molar-refractivity contribution in [1.29, 1.82) is 0 Å². The topological polar surface area (TPSA) is 29.6 Å². The smallest absolute Gasteiger partial charge is 0.0619 e. The molecule has 6 nitrogen and oxygen atoms in total. The van der Waals surface area contributed by atoms with Gasteiger partial charge in [0, 0.05) is 110 Å². The molecule has 30 aromatic rings. The van der Waals surface area contributed by atoms with Crippen LogP contribution in [0, 0.1) is 0 Å². The lowest BCUT2D eigenvalue weighted by molar-refractivity contribution is 1.16. The first-order valence-electron chi connectivity index (χ1n) is 49.6. The van der Waals surface area contributed by atoms with Crippen molar-refractivity contribution < 1.29 is 0 Å². The van der Waals surface area contributed by atoms with E-state index in [-0.39, 0.29) is 0 Å². The predicted octanol–water partition coefficient (Wildman–Crippen LogP) is 37.1. The summed E-state index contributed by atoms with van der Waals surface area (Å²) in [4.78, 5) is 0. The molecule has 672 valence electrons. The zero-order chi connectivity index (χ0) is 94.8. The molecule has 0 bridgehead atoms. The molecule has 0 saturated heterocycles. The predicted molar refractivity (Wildman–Crippen MR) is 610 cm³/mol. The molecule has 0 amide bonds. The molecule has 30 rings (SSSR count). The first-order valence-corrected chi connectivity index (χ1v) is 49.6. The van der Waals surface area contributed by atoms with Crippen LogP contribution in [0.2, 0.25) is 0 Å². The first kappa shape index (κ1) is 83.1. The quantitative estimate of drug-likeness (QED) is 0.117. The minimum absolute atomic E-state index is 1.15. The summed E-state index contributed by atoms with van der Waals surface area (Å²) in [5.74, 6) is 0. The van der Waals surface area contributed by atoms with Crippen molar-refractivity contribution in [2.45, 2.75) is 0 Å². The molecule has 144 heavy (non-hydrogen) atoms. The number of nitrogens with zero attached hydrogens (tertiary/aromatic N) is 6. The van der Waals surface area contributed by atoms with Crippen molar-refractivity contribution in [3.63, 3.8) is 0 Å². The largest absolute Gasteiger partial charge is 0.309 e. The monoisotopic (exact) mass is 1830 g/mol. The molecule has 6 heterocycles. The SMILES string of the molecule is c1ccc(-c2ccccc2-c2ccc(-n3c4ccccc4c4cc5c6ccc7ccccc7c6n(-c6ccccc6)c5cc43)cc2)cc1.c1ccc(-c2ccccc2-c2cccc(-n3c4ccccc4c4cc5c6c7ccccc7ccc6n(-c6ccccc6)c5cc43)c2)cc1.c1ccc(-c2ccccc2-c2cccc(-n3c4ccccc4c4cc5c6ccc7ccccc7c6n(-c6ccccc6)c5cc43)c2)cc1. The lowest BCUT2D eigenvalue weighted by Gasteiger charge is -2.14. The second-order valence-electron chi connectivity index (χ2n) is 37.7. The average Bonchev–Trinajstić information content (AvgIpc) is 1.55. The van der Waals surface area contributed by atoms with E-state index >= 15 is 0 Å². The van der Waals surface area contributed by atoms with Gasteiger partial charge in [-0.1, -0.05) is 413 Å². The van der Waals surface area contributed by atoms with E-state index in [1.807, 2.05) is 0 Å². The Morgan fingerprint density at radius 3 is 0.750 bits per heavy atom. The van der Waals surface area contributed by atoms with E-state index in [0.717, 1.165) is 34.1 Å². The fourth-order valence-corrected chi connectivity index (χ4v) is 23.3. The molecule has 0 saturated carbocycles. The van der Waals surface area contributed by atoms with Crippen molar-refractivity contribution in [2.75, 3.05) is 0 Å². The molecule has 0 radical (unpaired) electrons. The standard InChI is InChI=1S/3C46H30N2/c1-3-14-31(15-4-1)36-21-9-10-22-37(36)33-17-13-20-35(28-33)48-42-25-12-11-24-39(42)40-29-41-45(30-44(40)48)47(34-18-5-2-6-19-34)43-27-26-32-16-7-8-23-38(32)46(41)43;1-3-14-31(15-4-1)36-21-9-10-22-37(36)33-17-13-20-35(28-33)47-43-25-12-11-24-39(43)41-29-42-40-27-26-32-16-7-8-23-38(32)46(40)48(45(42)30-44(41)47)34-18-5-2-6-19-34;1-3-13-31(14-4-1)36-18-9-10-19-37(36)33-23-26-35(27-24-33)47-43-22-12-11-21-39(43)41-29-42-40-28-25-32-15-7-8-20-38(32)46(40)48(45(42)30-44(41)47)34-16-5-2-6-17-34/h3*1-30H. The maximum absolute atomic E-state index is 2.46. The van der Waals surface area contributed by atoms with E-state index in [1.54, 1.807) is 0 Å². The van der Waals surface area contributed by atoms with Crippen molar-refractivity contribution >= 4 is 163 Å². The fourth-order valence-electron chi connectivity index (χ4n) is 23.3. The zero-order valence-electron chi connectivity index (χ0n) is 78.6. The maximum Gasteiger partial charge on any atom is 0.0619 e. The number of fused-ring (bicyclic) bond motifs is 24. The Morgan fingerprint density at radius 1 is 0.104 bits per heavy atom. The molecular weight excluding hydrogens is 1740 g/mol. The van der Waals surface area contributed by atoms with Crippen molar-refractivity contribution in [1.82, 2.24) is 27.4 Å². The summed E-state index contributed by atoms with van der Waals surface area (Å²) in [5.41, 5.74) is 36.1. The molecule has 24 aromatic carbocycles. The van der Waals surface area contributed by atoms with E-state index < -0.39 is 0 Å². The molecule has 0 fully saturated rings. The lowest BCUT2D eigenvalue weighted by Crippen LogP contribution is -1.96. The second kappa shape index (κ2) is 34.5. The van der Waals surface area contributed by atoms with Gasteiger partial charge in [0.25, 0.3) is 0 Å². The third kappa shape index (κ3) is 13.7. The molecular formula is C138H90N6. The van der Waals surface area contributed by atoms with Crippen LogP contribution in [-0.4, -0.2) is 27.4 Å². The van der Waals surface area contributed by atoms with Gasteiger partial charge in [-0.05, 0) is 222 Å². The highest BCUT2D eigenvalue weighted by Crippen LogP contribution is 2.49. The average molecular weight is 1830 g/mol. The highest BCUT2D eigenvalue weighted by atomic mass is 15.0. The van der Waals surface area contributed by atoms with Crippen LogP contribution in [0.1, 0.15) is 0 Å². The number of rotatable bonds is 12. The third-order valence-corrected chi connectivity index (χ3v) is 29.7. The van der Waals surface area contributed by atoms with Crippen molar-refractivity contribution in [3.05, 3.63) is 546 Å². The Bertz CT molecular complexity index is 10200. The Hall–Kier alpha value is -19.1. The number of hydrogen-bond donors (Lipinski definition) is 0. The molecule has 0 atom stereocenters. The molecule has 0 aliphatic heterocycles. The summed E-state index contributed by atoms with van der Waals surface area (Å²) in [6, 6.07) is 198. The van der Waals surface area contributed by atoms with Crippen LogP contribution in [0.15, 0.2) is 546 Å². The van der Waals surface area contributed by atoms with Crippen LogP contribution >= 0.6 is 0 Å². The molecule has 0 aliphatic carbocycles. The van der Waals surface area contributed by atoms with E-state index in [1.165, 1.54) is 230 Å². The summed E-state index contributed by atoms with van der Waals surface area (Å²) in [6.45, 7) is 0. The number of benzene rings is 24. The number of hydrogen-bond acceptors (Lipinski definition) is 0. The lowest BCUT2D eigenvalue weighted by atomic mass is 9.94. The molecule has 0 N–H and O–H groups in total. The summed E-state index contributed by atoms with van der Waals surface area (Å²) < 4.78 is 14.7. The van der Waals surface area contributed by atoms with Crippen LogP contribution < -0.4 is 0 Å². The Morgan fingerprint density at radius 2 is 0.354 bits per heavy atom. The third-order valence-electron chi connectivity index (χ3n) is 29.7. The molecule has 6 heteroatoms. The second-order valence-corrected chi connectivity index (χ2v) is 37.7. The Balaban J connectivity index is 0.000000105. The highest BCUT2D eigenvalue weighted by Gasteiger charge is 2.27. The zero-order valence-corrected chi connectivity index (χ0v) is 78.6. The summed E-state index contributed by atoms with van der Waals surface area (Å²) in [5, 5.41) is 22.7. The van der Waals surface area contributed by atoms with E-state index in [2.05, 4.69) is 573 Å². The molecule has 0 aliphatic rings. The van der Waals surface area contributed by atoms with Gasteiger partial charge < -0.3 is 27.4 Å². The van der Waals surface area contributed by atoms with Crippen LogP contribution in [0.4, 0.5) is 0 Å². The molecule has 0 spiro atoms. The van der Waals surface area contributed by atoms with Gasteiger partial charge in [-0.15, -0.1) is 0 Å². The van der Waals surface area contributed by atoms with E-state index in [0.29, 0.717) is 0 Å². The van der Waals surface area contributed by atoms with Gasteiger partial charge >= 0.3 is 0 Å². The van der Waals surface area contributed by atoms with Crippen LogP contribution in [0.25, 0.3) is 264 Å². The number of aromatic nitrogens is 6. The minimum Gasteiger partial charge on any atom is -0.309 e. The molecule has 6 aromatic heterocycles. The van der Waals surface area contributed by atoms with Gasteiger partial charge in [0.15, 0.2) is 0 Å². The van der Waals surface area contributed by atoms with Gasteiger partial charge in [0.05, 0.1) is 66.2 Å². The summed E-state index contributed by atoms with van der Waals surface area (Å²) >= 11 is 0. The maximum atomic E-state index is 2.46. The summed E-state index contributed by atoms with van der Waals surface area (Å²) in [6.07, 6.45) is 0. The van der Waals surface area contributed by atoms with Crippen LogP contribution in [0.5, 0.6) is 0 Å². The van der Waals surface area contributed by atoms with E-state index in [4.69, 9.17) is 0 Å². The van der Waals surface area contributed by atoms with Gasteiger partial charge in [0.1, 0.15) is 0 Å². The highest BCUT2D eigenvalue weighted by molar-refractivity contribution is 6.28. The van der Waals surface area contributed by atoms with E-state index in [9.17, 15) is 0 Å². The van der Waals surface area contributed by atoms with Crippen molar-refractivity contribution in [2.24, 2.45) is 0 Å². The first-order chi connectivity index (χ1) is 71.5. The van der Waals surface area contributed by atoms with Crippen LogP contribution in [0.3, 0.4) is 0 Å². The Kier molecular flexibility index (Phi) is 19.9. The fraction of sp³-hybridized carbons (Fsp3) is 0. The normalized spacial score (nSPS) is 11.8. The number of para-hydroxylation sites is 6.